The van der Waals surface area contributed by atoms with Crippen molar-refractivity contribution in [2.24, 2.45) is 0 Å². The normalized spacial score (nSPS) is 12.6. The zero-order valence-electron chi connectivity index (χ0n) is 33.6. The maximum atomic E-state index is 5.49. The number of nitrogens with zero attached hydrogens (tertiary/aromatic N) is 3. The van der Waals surface area contributed by atoms with Crippen molar-refractivity contribution >= 4 is 31.5 Å². The van der Waals surface area contributed by atoms with Crippen LogP contribution in [-0.2, 0) is 5.41 Å². The Morgan fingerprint density at radius 1 is 0.323 bits per heavy atom. The fraction of sp³-hybridized carbons (Fsp3) is 0.0172. The largest absolute Gasteiger partial charge is 0.208 e. The van der Waals surface area contributed by atoms with Crippen molar-refractivity contribution in [1.82, 2.24) is 15.0 Å². The summed E-state index contributed by atoms with van der Waals surface area (Å²) < 4.78 is 2.56. The Balaban J connectivity index is 1.11. The number of hydrogen-bond donors (Lipinski definition) is 0. The number of rotatable bonds is 7. The summed E-state index contributed by atoms with van der Waals surface area (Å²) in [7, 11) is 0. The van der Waals surface area contributed by atoms with Crippen LogP contribution < -0.4 is 0 Å². The summed E-state index contributed by atoms with van der Waals surface area (Å²) in [6.45, 7) is 0. The predicted octanol–water partition coefficient (Wildman–Crippen LogP) is 14.9. The quantitative estimate of drug-likeness (QED) is 0.161. The highest BCUT2D eigenvalue weighted by atomic mass is 32.1. The first-order valence-corrected chi connectivity index (χ1v) is 21.8. The van der Waals surface area contributed by atoms with Gasteiger partial charge in [-0.05, 0) is 73.8 Å². The van der Waals surface area contributed by atoms with Crippen LogP contribution in [0.25, 0.3) is 87.7 Å². The molecule has 12 rings (SSSR count). The van der Waals surface area contributed by atoms with E-state index in [4.69, 9.17) is 15.0 Å². The van der Waals surface area contributed by atoms with Crippen molar-refractivity contribution in [3.8, 4) is 67.5 Å². The van der Waals surface area contributed by atoms with Gasteiger partial charge >= 0.3 is 0 Å². The van der Waals surface area contributed by atoms with Crippen LogP contribution >= 0.6 is 11.3 Å². The first-order valence-electron chi connectivity index (χ1n) is 21.0. The minimum absolute atomic E-state index is 0.623. The zero-order chi connectivity index (χ0) is 41.0. The number of thiophene rings is 1. The van der Waals surface area contributed by atoms with Crippen LogP contribution in [0.15, 0.2) is 224 Å². The third kappa shape index (κ3) is 5.76. The van der Waals surface area contributed by atoms with E-state index in [0.717, 1.165) is 33.4 Å². The summed E-state index contributed by atoms with van der Waals surface area (Å²) in [4.78, 5) is 16.3. The number of fused-ring (bicyclic) bond motifs is 6. The summed E-state index contributed by atoms with van der Waals surface area (Å²) in [5.41, 5.74) is 14.0. The first-order chi connectivity index (χ1) is 30.7. The van der Waals surface area contributed by atoms with Gasteiger partial charge in [-0.3, -0.25) is 0 Å². The number of aromatic nitrogens is 3. The van der Waals surface area contributed by atoms with Gasteiger partial charge in [0.05, 0.1) is 5.41 Å². The molecule has 1 aliphatic rings. The Labute approximate surface area is 364 Å². The molecule has 11 aromatic rings. The van der Waals surface area contributed by atoms with Gasteiger partial charge in [0.2, 0.25) is 0 Å². The van der Waals surface area contributed by atoms with E-state index in [1.165, 1.54) is 59.1 Å². The molecule has 0 unspecified atom stereocenters. The molecule has 290 valence electrons. The molecular weight excluding hydrogens is 771 g/mol. The lowest BCUT2D eigenvalue weighted by Gasteiger charge is -2.35. The van der Waals surface area contributed by atoms with Crippen LogP contribution in [0.2, 0.25) is 0 Å². The van der Waals surface area contributed by atoms with Gasteiger partial charge in [0.15, 0.2) is 17.5 Å². The van der Waals surface area contributed by atoms with E-state index in [0.29, 0.717) is 17.5 Å². The standard InChI is InChI=1S/C58H37N3S/c1-4-18-38(19-5-1)39-20-14-22-41(36-39)55-59-56(42-23-15-21-40(37-42)45-30-16-32-49-47-29-11-13-35-52(47)62-54(45)49)61-57(60-55)50-33-17-31-48-46-28-10-12-34-51(46)58(53(48)50,43-24-6-2-7-25-43)44-26-8-3-9-27-44/h1-37H. The lowest BCUT2D eigenvalue weighted by Crippen LogP contribution is -2.29. The van der Waals surface area contributed by atoms with E-state index in [-0.39, 0.29) is 0 Å². The molecule has 0 N–H and O–H groups in total. The van der Waals surface area contributed by atoms with E-state index in [9.17, 15) is 0 Å². The second kappa shape index (κ2) is 14.7. The van der Waals surface area contributed by atoms with Crippen LogP contribution in [-0.4, -0.2) is 15.0 Å². The number of benzene rings is 9. The van der Waals surface area contributed by atoms with Gasteiger partial charge in [-0.1, -0.05) is 206 Å². The lowest BCUT2D eigenvalue weighted by atomic mass is 9.66. The van der Waals surface area contributed by atoms with Crippen LogP contribution in [0, 0.1) is 0 Å². The van der Waals surface area contributed by atoms with E-state index < -0.39 is 5.41 Å². The summed E-state index contributed by atoms with van der Waals surface area (Å²) in [6.07, 6.45) is 0. The third-order valence-electron chi connectivity index (χ3n) is 12.4. The van der Waals surface area contributed by atoms with Crippen LogP contribution in [0.4, 0.5) is 0 Å². The summed E-state index contributed by atoms with van der Waals surface area (Å²) in [5.74, 6) is 1.88. The molecule has 0 fully saturated rings. The highest BCUT2D eigenvalue weighted by molar-refractivity contribution is 7.26. The van der Waals surface area contributed by atoms with E-state index in [1.807, 2.05) is 11.3 Å². The Morgan fingerprint density at radius 2 is 0.806 bits per heavy atom. The molecule has 3 nitrogen and oxygen atoms in total. The topological polar surface area (TPSA) is 38.7 Å². The van der Waals surface area contributed by atoms with Crippen LogP contribution in [0.3, 0.4) is 0 Å². The van der Waals surface area contributed by atoms with E-state index in [2.05, 4.69) is 224 Å². The van der Waals surface area contributed by atoms with Crippen molar-refractivity contribution in [3.05, 3.63) is 247 Å². The Morgan fingerprint density at radius 3 is 1.55 bits per heavy atom. The molecule has 0 saturated heterocycles. The van der Waals surface area contributed by atoms with Gasteiger partial charge in [0.25, 0.3) is 0 Å². The highest BCUT2D eigenvalue weighted by Gasteiger charge is 2.47. The molecule has 0 saturated carbocycles. The molecule has 9 aromatic carbocycles. The van der Waals surface area contributed by atoms with Gasteiger partial charge in [-0.2, -0.15) is 0 Å². The van der Waals surface area contributed by atoms with Gasteiger partial charge in [-0.15, -0.1) is 11.3 Å². The van der Waals surface area contributed by atoms with Gasteiger partial charge < -0.3 is 0 Å². The molecule has 2 aromatic heterocycles. The second-order valence-corrected chi connectivity index (χ2v) is 16.9. The van der Waals surface area contributed by atoms with Crippen molar-refractivity contribution in [3.63, 3.8) is 0 Å². The van der Waals surface area contributed by atoms with E-state index in [1.54, 1.807) is 0 Å². The summed E-state index contributed by atoms with van der Waals surface area (Å²) in [5, 5.41) is 2.56. The molecule has 0 amide bonds. The molecule has 1 aliphatic carbocycles. The molecule has 0 aliphatic heterocycles. The van der Waals surface area contributed by atoms with Crippen LogP contribution in [0.5, 0.6) is 0 Å². The Hall–Kier alpha value is -7.79. The zero-order valence-corrected chi connectivity index (χ0v) is 34.4. The van der Waals surface area contributed by atoms with Crippen LogP contribution in [0.1, 0.15) is 22.3 Å². The molecule has 0 spiro atoms. The third-order valence-corrected chi connectivity index (χ3v) is 13.6. The molecule has 2 heterocycles. The smallest absolute Gasteiger partial charge is 0.164 e. The Bertz CT molecular complexity index is 3430. The minimum atomic E-state index is -0.631. The Kier molecular flexibility index (Phi) is 8.58. The van der Waals surface area contributed by atoms with Crippen molar-refractivity contribution < 1.29 is 0 Å². The average molecular weight is 808 g/mol. The fourth-order valence-corrected chi connectivity index (χ4v) is 11.0. The van der Waals surface area contributed by atoms with Crippen molar-refractivity contribution in [1.29, 1.82) is 0 Å². The second-order valence-electron chi connectivity index (χ2n) is 15.9. The first kappa shape index (κ1) is 36.1. The molecule has 0 atom stereocenters. The predicted molar refractivity (Wildman–Crippen MR) is 257 cm³/mol. The number of hydrogen-bond acceptors (Lipinski definition) is 4. The van der Waals surface area contributed by atoms with E-state index >= 15 is 0 Å². The molecule has 4 heteroatoms. The van der Waals surface area contributed by atoms with Crippen molar-refractivity contribution in [2.75, 3.05) is 0 Å². The lowest BCUT2D eigenvalue weighted by molar-refractivity contribution is 0.769. The average Bonchev–Trinajstić information content (AvgIpc) is 3.89. The van der Waals surface area contributed by atoms with Gasteiger partial charge in [0.1, 0.15) is 0 Å². The van der Waals surface area contributed by atoms with Crippen molar-refractivity contribution in [2.45, 2.75) is 5.41 Å². The minimum Gasteiger partial charge on any atom is -0.208 e. The summed E-state index contributed by atoms with van der Waals surface area (Å²) in [6, 6.07) is 80.3. The monoisotopic (exact) mass is 807 g/mol. The maximum absolute atomic E-state index is 5.49. The maximum Gasteiger partial charge on any atom is 0.164 e. The molecular formula is C58H37N3S. The molecule has 0 bridgehead atoms. The molecule has 0 radical (unpaired) electrons. The fourth-order valence-electron chi connectivity index (χ4n) is 9.71. The van der Waals surface area contributed by atoms with Gasteiger partial charge in [-0.25, -0.2) is 15.0 Å². The highest BCUT2D eigenvalue weighted by Crippen LogP contribution is 2.58. The SMILES string of the molecule is c1ccc(-c2cccc(-c3nc(-c4cccc(-c5cccc6c5sc5ccccc56)c4)nc(-c4cccc5c4C(c4ccccc4)(c4ccccc4)c4ccccc4-5)n3)c2)cc1. The molecule has 62 heavy (non-hydrogen) atoms. The summed E-state index contributed by atoms with van der Waals surface area (Å²) >= 11 is 1.84. The van der Waals surface area contributed by atoms with Gasteiger partial charge in [0, 0.05) is 36.9 Å².